The molecule has 0 aromatic rings. The van der Waals surface area contributed by atoms with Gasteiger partial charge in [0, 0.05) is 0 Å². The van der Waals surface area contributed by atoms with E-state index in [0.29, 0.717) is 30.8 Å². The van der Waals surface area contributed by atoms with Crippen molar-refractivity contribution in [3.63, 3.8) is 0 Å². The van der Waals surface area contributed by atoms with Crippen molar-refractivity contribution in [2.75, 3.05) is 6.61 Å². The Hall–Kier alpha value is -1.12. The number of hydrogen-bond donors (Lipinski definition) is 0. The van der Waals surface area contributed by atoms with Gasteiger partial charge in [-0.15, -0.1) is 0 Å². The lowest BCUT2D eigenvalue weighted by Crippen LogP contribution is -2.25. The molecule has 3 aliphatic rings. The van der Waals surface area contributed by atoms with Gasteiger partial charge < -0.3 is 4.74 Å². The molecule has 3 fully saturated rings. The maximum Gasteiger partial charge on any atom is 0.147 e. The Bertz CT molecular complexity index is 520. The summed E-state index contributed by atoms with van der Waals surface area (Å²) in [5, 5.41) is 0. The summed E-state index contributed by atoms with van der Waals surface area (Å²) in [5.41, 5.74) is 1.59. The lowest BCUT2D eigenvalue weighted by atomic mass is 9.71. The average Bonchev–Trinajstić information content (AvgIpc) is 2.72. The molecule has 0 aliphatic heterocycles. The van der Waals surface area contributed by atoms with Gasteiger partial charge in [-0.2, -0.15) is 0 Å². The molecule has 0 amide bonds. The van der Waals surface area contributed by atoms with Crippen molar-refractivity contribution in [3.05, 3.63) is 35.6 Å². The first-order chi connectivity index (χ1) is 12.8. The molecule has 3 aliphatic carbocycles. The van der Waals surface area contributed by atoms with Crippen LogP contribution in [-0.4, -0.2) is 6.61 Å². The van der Waals surface area contributed by atoms with Crippen LogP contribution >= 0.6 is 0 Å². The van der Waals surface area contributed by atoms with Crippen LogP contribution in [0.5, 0.6) is 0 Å². The van der Waals surface area contributed by atoms with Crippen LogP contribution in [-0.2, 0) is 4.74 Å². The van der Waals surface area contributed by atoms with E-state index in [1.807, 2.05) is 0 Å². The molecule has 3 rings (SSSR count). The second kappa shape index (κ2) is 10.3. The Labute approximate surface area is 157 Å². The maximum atomic E-state index is 13.3. The Morgan fingerprint density at radius 3 is 2.12 bits per heavy atom. The van der Waals surface area contributed by atoms with Gasteiger partial charge in [-0.25, -0.2) is 8.78 Å². The lowest BCUT2D eigenvalue weighted by molar-refractivity contribution is 0.108. The van der Waals surface area contributed by atoms with E-state index in [4.69, 9.17) is 4.74 Å². The van der Waals surface area contributed by atoms with E-state index in [0.717, 1.165) is 43.1 Å². The summed E-state index contributed by atoms with van der Waals surface area (Å²) in [7, 11) is 0. The van der Waals surface area contributed by atoms with Crippen LogP contribution in [0.25, 0.3) is 0 Å². The quantitative estimate of drug-likeness (QED) is 0.457. The Morgan fingerprint density at radius 1 is 0.808 bits per heavy atom. The normalized spacial score (nSPS) is 32.2. The van der Waals surface area contributed by atoms with E-state index in [-0.39, 0.29) is 5.76 Å². The van der Waals surface area contributed by atoms with Crippen molar-refractivity contribution in [2.45, 2.75) is 83.5 Å². The molecular formula is C23H34F2O. The molecule has 0 heterocycles. The highest BCUT2D eigenvalue weighted by Crippen LogP contribution is 2.40. The minimum Gasteiger partial charge on any atom is -0.491 e. The standard InChI is InChI=1S/C23H34F2O/c24-15-22-9-5-4-8-21(22)14-23(16-25)26-17-18-10-12-20(13-11-18)19-6-2-1-3-7-19/h14-16,18-20H,1-13,17H2/b21-14-,22-15+,23-16-. The van der Waals surface area contributed by atoms with Gasteiger partial charge in [-0.1, -0.05) is 32.1 Å². The SMILES string of the molecule is F/C=C(/C=C1/CCCC/C1=C\F)OCC1CCC(C2CCCCC2)CC1. The van der Waals surface area contributed by atoms with Gasteiger partial charge in [0.05, 0.1) is 12.9 Å². The van der Waals surface area contributed by atoms with E-state index in [2.05, 4.69) is 0 Å². The number of ether oxygens (including phenoxy) is 1. The largest absolute Gasteiger partial charge is 0.491 e. The first kappa shape index (κ1) is 19.6. The summed E-state index contributed by atoms with van der Waals surface area (Å²) in [6.45, 7) is 0.589. The molecule has 26 heavy (non-hydrogen) atoms. The Balaban J connectivity index is 1.44. The number of rotatable bonds is 5. The second-order valence-corrected chi connectivity index (χ2v) is 8.51. The molecule has 146 valence electrons. The van der Waals surface area contributed by atoms with Gasteiger partial charge in [0.1, 0.15) is 12.1 Å². The van der Waals surface area contributed by atoms with Crippen molar-refractivity contribution >= 4 is 0 Å². The first-order valence-electron chi connectivity index (χ1n) is 10.7. The van der Waals surface area contributed by atoms with E-state index < -0.39 is 0 Å². The predicted molar refractivity (Wildman–Crippen MR) is 103 cm³/mol. The Morgan fingerprint density at radius 2 is 1.46 bits per heavy atom. The fourth-order valence-corrected chi connectivity index (χ4v) is 5.16. The van der Waals surface area contributed by atoms with Crippen LogP contribution in [0.2, 0.25) is 0 Å². The van der Waals surface area contributed by atoms with Crippen molar-refractivity contribution in [1.82, 2.24) is 0 Å². The van der Waals surface area contributed by atoms with Crippen molar-refractivity contribution in [1.29, 1.82) is 0 Å². The third kappa shape index (κ3) is 5.44. The van der Waals surface area contributed by atoms with Crippen LogP contribution in [0.3, 0.4) is 0 Å². The van der Waals surface area contributed by atoms with Crippen LogP contribution < -0.4 is 0 Å². The Kier molecular flexibility index (Phi) is 7.76. The number of hydrogen-bond acceptors (Lipinski definition) is 1. The molecule has 0 unspecified atom stereocenters. The summed E-state index contributed by atoms with van der Waals surface area (Å²) in [6.07, 6.45) is 18.6. The zero-order valence-electron chi connectivity index (χ0n) is 16.0. The summed E-state index contributed by atoms with van der Waals surface area (Å²) in [4.78, 5) is 0. The topological polar surface area (TPSA) is 9.23 Å². The van der Waals surface area contributed by atoms with E-state index in [1.54, 1.807) is 6.08 Å². The molecule has 0 saturated heterocycles. The smallest absolute Gasteiger partial charge is 0.147 e. The lowest BCUT2D eigenvalue weighted by Gasteiger charge is -2.35. The van der Waals surface area contributed by atoms with E-state index in [1.165, 1.54) is 57.8 Å². The molecule has 3 saturated carbocycles. The highest BCUT2D eigenvalue weighted by molar-refractivity contribution is 5.35. The molecule has 0 radical (unpaired) electrons. The third-order valence-electron chi connectivity index (χ3n) is 6.80. The minimum absolute atomic E-state index is 0.260. The molecule has 0 aromatic carbocycles. The summed E-state index contributed by atoms with van der Waals surface area (Å²) in [6, 6.07) is 0. The zero-order chi connectivity index (χ0) is 18.2. The third-order valence-corrected chi connectivity index (χ3v) is 6.80. The van der Waals surface area contributed by atoms with Gasteiger partial charge in [0.25, 0.3) is 0 Å². The molecule has 0 bridgehead atoms. The van der Waals surface area contributed by atoms with Gasteiger partial charge >= 0.3 is 0 Å². The zero-order valence-corrected chi connectivity index (χ0v) is 16.0. The average molecular weight is 365 g/mol. The minimum atomic E-state index is 0.260. The van der Waals surface area contributed by atoms with Crippen molar-refractivity contribution < 1.29 is 13.5 Å². The fourth-order valence-electron chi connectivity index (χ4n) is 5.16. The van der Waals surface area contributed by atoms with Crippen molar-refractivity contribution in [2.24, 2.45) is 17.8 Å². The molecule has 0 spiro atoms. The summed E-state index contributed by atoms with van der Waals surface area (Å²) in [5.74, 6) is 2.65. The fraction of sp³-hybridized carbons (Fsp3) is 0.739. The molecule has 1 nitrogen and oxygen atoms in total. The van der Waals surface area contributed by atoms with E-state index in [9.17, 15) is 8.78 Å². The molecule has 3 heteroatoms. The summed E-state index contributed by atoms with van der Waals surface area (Å²) < 4.78 is 32.0. The molecular weight excluding hydrogens is 330 g/mol. The van der Waals surface area contributed by atoms with E-state index >= 15 is 0 Å². The second-order valence-electron chi connectivity index (χ2n) is 8.51. The first-order valence-corrected chi connectivity index (χ1v) is 10.7. The van der Waals surface area contributed by atoms with Crippen LogP contribution in [0, 0.1) is 17.8 Å². The van der Waals surface area contributed by atoms with Gasteiger partial charge in [-0.05, 0) is 86.3 Å². The monoisotopic (exact) mass is 364 g/mol. The van der Waals surface area contributed by atoms with Gasteiger partial charge in [-0.3, -0.25) is 0 Å². The number of halogens is 2. The highest BCUT2D eigenvalue weighted by atomic mass is 19.1. The molecule has 0 atom stereocenters. The van der Waals surface area contributed by atoms with Gasteiger partial charge in [0.15, 0.2) is 0 Å². The van der Waals surface area contributed by atoms with Crippen LogP contribution in [0.15, 0.2) is 35.6 Å². The predicted octanol–water partition coefficient (Wildman–Crippen LogP) is 7.55. The molecule has 0 aromatic heterocycles. The number of allylic oxidation sites excluding steroid dienone is 3. The maximum absolute atomic E-state index is 13.3. The van der Waals surface area contributed by atoms with Gasteiger partial charge in [0.2, 0.25) is 0 Å². The van der Waals surface area contributed by atoms with Crippen LogP contribution in [0.1, 0.15) is 83.5 Å². The molecule has 0 N–H and O–H groups in total. The van der Waals surface area contributed by atoms with Crippen LogP contribution in [0.4, 0.5) is 8.78 Å². The highest BCUT2D eigenvalue weighted by Gasteiger charge is 2.28. The summed E-state index contributed by atoms with van der Waals surface area (Å²) >= 11 is 0. The van der Waals surface area contributed by atoms with Crippen molar-refractivity contribution in [3.8, 4) is 0 Å².